The molecule has 0 radical (unpaired) electrons. The van der Waals surface area contributed by atoms with E-state index in [-0.39, 0.29) is 0 Å². The summed E-state index contributed by atoms with van der Waals surface area (Å²) in [4.78, 5) is 4.89. The van der Waals surface area contributed by atoms with Gasteiger partial charge in [-0.2, -0.15) is 0 Å². The molecule has 1 aliphatic heterocycles. The van der Waals surface area contributed by atoms with Gasteiger partial charge >= 0.3 is 0 Å². The highest BCUT2D eigenvalue weighted by atomic mass is 32.2. The molecule has 3 aromatic rings. The minimum absolute atomic E-state index is 0.378. The minimum Gasteiger partial charge on any atom is -0.371 e. The number of hydrogen-bond donors (Lipinski definition) is 0. The number of benzene rings is 2. The molecular formula is C22H24N2O2S2. The largest absolute Gasteiger partial charge is 0.371 e. The van der Waals surface area contributed by atoms with E-state index in [0.29, 0.717) is 18.0 Å². The summed E-state index contributed by atoms with van der Waals surface area (Å²) in [6.07, 6.45) is 0. The fourth-order valence-corrected chi connectivity index (χ4v) is 6.40. The van der Waals surface area contributed by atoms with Crippen molar-refractivity contribution in [3.63, 3.8) is 0 Å². The molecule has 0 unspecified atom stereocenters. The molecule has 4 rings (SSSR count). The van der Waals surface area contributed by atoms with Crippen molar-refractivity contribution in [2.24, 2.45) is 0 Å². The normalized spacial score (nSPS) is 14.3. The smallest absolute Gasteiger partial charge is 0.264 e. The first-order valence-corrected chi connectivity index (χ1v) is 11.6. The molecule has 1 aliphatic rings. The van der Waals surface area contributed by atoms with E-state index < -0.39 is 10.0 Å². The third-order valence-electron chi connectivity index (χ3n) is 5.28. The van der Waals surface area contributed by atoms with Crippen molar-refractivity contribution < 1.29 is 8.42 Å². The van der Waals surface area contributed by atoms with Gasteiger partial charge in [-0.1, -0.05) is 18.2 Å². The number of para-hydroxylation sites is 1. The summed E-state index contributed by atoms with van der Waals surface area (Å²) in [5.74, 6) is 0. The lowest BCUT2D eigenvalue weighted by Crippen LogP contribution is -2.43. The Morgan fingerprint density at radius 3 is 2.39 bits per heavy atom. The van der Waals surface area contributed by atoms with E-state index in [9.17, 15) is 8.42 Å². The van der Waals surface area contributed by atoms with Gasteiger partial charge < -0.3 is 4.90 Å². The summed E-state index contributed by atoms with van der Waals surface area (Å²) in [5.41, 5.74) is 4.55. The van der Waals surface area contributed by atoms with Crippen LogP contribution in [0.2, 0.25) is 0 Å². The molecule has 0 amide bonds. The summed E-state index contributed by atoms with van der Waals surface area (Å²) in [7, 11) is -1.63. The second-order valence-electron chi connectivity index (χ2n) is 7.33. The first kappa shape index (κ1) is 19.0. The summed E-state index contributed by atoms with van der Waals surface area (Å²) in [6, 6.07) is 15.8. The second-order valence-corrected chi connectivity index (χ2v) is 10.5. The first-order chi connectivity index (χ1) is 13.3. The maximum atomic E-state index is 13.6. The van der Waals surface area contributed by atoms with Crippen molar-refractivity contribution in [1.82, 2.24) is 0 Å². The Kier molecular flexibility index (Phi) is 4.71. The average Bonchev–Trinajstić information content (AvgIpc) is 3.08. The predicted molar refractivity (Wildman–Crippen MR) is 118 cm³/mol. The van der Waals surface area contributed by atoms with Crippen molar-refractivity contribution >= 4 is 32.7 Å². The lowest BCUT2D eigenvalue weighted by Gasteiger charge is -2.37. The molecular weight excluding hydrogens is 388 g/mol. The van der Waals surface area contributed by atoms with E-state index in [0.717, 1.165) is 32.9 Å². The maximum Gasteiger partial charge on any atom is 0.264 e. The highest BCUT2D eigenvalue weighted by Gasteiger charge is 2.33. The molecule has 0 saturated carbocycles. The SMILES string of the molecule is Cc1ccc(-c2ccc(S(=O)(=O)N3CCN(C)c4cccc(C)c43)c(C)c2)s1. The van der Waals surface area contributed by atoms with E-state index in [2.05, 4.69) is 24.0 Å². The number of likely N-dealkylation sites (N-methyl/N-ethyl adjacent to an activating group) is 1. The average molecular weight is 413 g/mol. The highest BCUT2D eigenvalue weighted by Crippen LogP contribution is 2.39. The van der Waals surface area contributed by atoms with Gasteiger partial charge in [0.15, 0.2) is 0 Å². The zero-order chi connectivity index (χ0) is 20.1. The predicted octanol–water partition coefficient (Wildman–Crippen LogP) is 4.99. The van der Waals surface area contributed by atoms with Crippen LogP contribution in [0, 0.1) is 20.8 Å². The molecule has 0 bridgehead atoms. The van der Waals surface area contributed by atoms with Gasteiger partial charge in [0.2, 0.25) is 0 Å². The zero-order valence-electron chi connectivity index (χ0n) is 16.6. The van der Waals surface area contributed by atoms with E-state index in [1.54, 1.807) is 21.7 Å². The highest BCUT2D eigenvalue weighted by molar-refractivity contribution is 7.93. The van der Waals surface area contributed by atoms with E-state index in [1.807, 2.05) is 51.2 Å². The van der Waals surface area contributed by atoms with Crippen LogP contribution >= 0.6 is 11.3 Å². The van der Waals surface area contributed by atoms with Crippen LogP contribution in [-0.4, -0.2) is 28.6 Å². The molecule has 4 nitrogen and oxygen atoms in total. The number of thiophene rings is 1. The molecule has 6 heteroatoms. The molecule has 1 aromatic heterocycles. The van der Waals surface area contributed by atoms with E-state index in [1.165, 1.54) is 4.88 Å². The van der Waals surface area contributed by atoms with Crippen molar-refractivity contribution in [2.75, 3.05) is 29.3 Å². The molecule has 2 aromatic carbocycles. The van der Waals surface area contributed by atoms with E-state index in [4.69, 9.17) is 0 Å². The van der Waals surface area contributed by atoms with Crippen LogP contribution in [0.5, 0.6) is 0 Å². The van der Waals surface area contributed by atoms with E-state index >= 15 is 0 Å². The Morgan fingerprint density at radius 1 is 0.929 bits per heavy atom. The Bertz CT molecular complexity index is 1150. The maximum absolute atomic E-state index is 13.6. The molecule has 2 heterocycles. The molecule has 0 N–H and O–H groups in total. The number of nitrogens with zero attached hydrogens (tertiary/aromatic N) is 2. The van der Waals surface area contributed by atoms with Crippen LogP contribution in [0.1, 0.15) is 16.0 Å². The monoisotopic (exact) mass is 412 g/mol. The number of rotatable bonds is 3. The van der Waals surface area contributed by atoms with Crippen LogP contribution in [0.4, 0.5) is 11.4 Å². The quantitative estimate of drug-likeness (QED) is 0.609. The van der Waals surface area contributed by atoms with Crippen LogP contribution in [-0.2, 0) is 10.0 Å². The molecule has 146 valence electrons. The standard InChI is InChI=1S/C22H24N2O2S2/c1-15-6-5-7-19-22(15)24(13-12-23(19)4)28(25,26)21-11-9-18(14-16(21)2)20-10-8-17(3)27-20/h5-11,14H,12-13H2,1-4H3. The zero-order valence-corrected chi connectivity index (χ0v) is 18.2. The Hall–Kier alpha value is -2.31. The molecule has 0 atom stereocenters. The number of sulfonamides is 1. The minimum atomic E-state index is -3.64. The fourth-order valence-electron chi connectivity index (χ4n) is 3.79. The topological polar surface area (TPSA) is 40.6 Å². The van der Waals surface area contributed by atoms with Crippen molar-refractivity contribution in [2.45, 2.75) is 25.7 Å². The fraction of sp³-hybridized carbons (Fsp3) is 0.273. The second kappa shape index (κ2) is 6.94. The third kappa shape index (κ3) is 3.10. The summed E-state index contributed by atoms with van der Waals surface area (Å²) >= 11 is 1.72. The lowest BCUT2D eigenvalue weighted by molar-refractivity contribution is 0.588. The van der Waals surface area contributed by atoms with Gasteiger partial charge in [0.05, 0.1) is 22.8 Å². The first-order valence-electron chi connectivity index (χ1n) is 9.30. The van der Waals surface area contributed by atoms with Gasteiger partial charge in [-0.05, 0) is 67.8 Å². The Labute approximate surface area is 171 Å². The molecule has 0 fully saturated rings. The molecule has 0 spiro atoms. The summed E-state index contributed by atoms with van der Waals surface area (Å²) in [6.45, 7) is 7.04. The third-order valence-corrected chi connectivity index (χ3v) is 8.29. The molecule has 28 heavy (non-hydrogen) atoms. The number of hydrogen-bond acceptors (Lipinski definition) is 4. The molecule has 0 aliphatic carbocycles. The van der Waals surface area contributed by atoms with Gasteiger partial charge in [-0.25, -0.2) is 8.42 Å². The number of anilines is 2. The van der Waals surface area contributed by atoms with Crippen LogP contribution in [0.25, 0.3) is 10.4 Å². The Balaban J connectivity index is 1.79. The summed E-state index contributed by atoms with van der Waals surface area (Å²) < 4.78 is 28.8. The lowest BCUT2D eigenvalue weighted by atomic mass is 10.1. The van der Waals surface area contributed by atoms with Gasteiger partial charge in [0.1, 0.15) is 0 Å². The van der Waals surface area contributed by atoms with Crippen LogP contribution in [0.3, 0.4) is 0 Å². The van der Waals surface area contributed by atoms with Crippen molar-refractivity contribution in [1.29, 1.82) is 0 Å². The van der Waals surface area contributed by atoms with Crippen molar-refractivity contribution in [3.05, 3.63) is 64.5 Å². The van der Waals surface area contributed by atoms with Crippen LogP contribution < -0.4 is 9.21 Å². The van der Waals surface area contributed by atoms with Gasteiger partial charge in [0.25, 0.3) is 10.0 Å². The molecule has 0 saturated heterocycles. The van der Waals surface area contributed by atoms with Gasteiger partial charge in [-0.3, -0.25) is 4.31 Å². The van der Waals surface area contributed by atoms with Crippen molar-refractivity contribution in [3.8, 4) is 10.4 Å². The summed E-state index contributed by atoms with van der Waals surface area (Å²) in [5, 5.41) is 0. The number of fused-ring (bicyclic) bond motifs is 1. The van der Waals surface area contributed by atoms with Gasteiger partial charge in [0, 0.05) is 23.3 Å². The Morgan fingerprint density at radius 2 is 1.71 bits per heavy atom. The van der Waals surface area contributed by atoms with Crippen LogP contribution in [0.15, 0.2) is 53.4 Å². The van der Waals surface area contributed by atoms with Gasteiger partial charge in [-0.15, -0.1) is 11.3 Å². The number of aryl methyl sites for hydroxylation is 3.